The zero-order chi connectivity index (χ0) is 5.54. The predicted molar refractivity (Wildman–Crippen MR) is 32.5 cm³/mol. The topological polar surface area (TPSA) is 24.4 Å². The summed E-state index contributed by atoms with van der Waals surface area (Å²) in [7, 11) is 0. The fourth-order valence-corrected chi connectivity index (χ4v) is 0.268. The normalized spacial score (nSPS) is 10.0. The van der Waals surface area contributed by atoms with Crippen molar-refractivity contribution in [3.63, 3.8) is 0 Å². The molecule has 0 aliphatic heterocycles. The van der Waals surface area contributed by atoms with E-state index >= 15 is 0 Å². The van der Waals surface area contributed by atoms with Crippen LogP contribution in [0.2, 0.25) is 0 Å². The molecule has 0 heterocycles. The van der Waals surface area contributed by atoms with Gasteiger partial charge in [-0.05, 0) is 13.3 Å². The maximum Gasteiger partial charge on any atom is 0.0326 e. The van der Waals surface area contributed by atoms with Crippen molar-refractivity contribution in [3.05, 3.63) is 0 Å². The van der Waals surface area contributed by atoms with Gasteiger partial charge >= 0.3 is 0 Å². The lowest BCUT2D eigenvalue weighted by Gasteiger charge is -1.90. The van der Waals surface area contributed by atoms with Crippen LogP contribution in [-0.2, 0) is 0 Å². The molecule has 0 aromatic carbocycles. The van der Waals surface area contributed by atoms with Gasteiger partial charge in [-0.15, -0.1) is 0 Å². The van der Waals surface area contributed by atoms with Crippen LogP contribution in [0, 0.1) is 0 Å². The Labute approximate surface area is 44.6 Å². The van der Waals surface area contributed by atoms with E-state index in [1.807, 2.05) is 6.92 Å². The predicted octanol–water partition coefficient (Wildman–Crippen LogP) is 0.992. The minimum absolute atomic E-state index is 0.977. The highest BCUT2D eigenvalue weighted by atomic mass is 15.3. The van der Waals surface area contributed by atoms with Crippen LogP contribution in [0.5, 0.6) is 0 Å². The molecule has 1 N–H and O–H groups in total. The third-order valence-corrected chi connectivity index (χ3v) is 0.582. The van der Waals surface area contributed by atoms with E-state index in [2.05, 4.69) is 17.5 Å². The van der Waals surface area contributed by atoms with Gasteiger partial charge in [-0.2, -0.15) is 5.10 Å². The molecule has 7 heavy (non-hydrogen) atoms. The summed E-state index contributed by atoms with van der Waals surface area (Å²) >= 11 is 0. The minimum atomic E-state index is 0.977. The number of hydrogen-bond acceptors (Lipinski definition) is 2. The molecule has 0 spiro atoms. The first kappa shape index (κ1) is 6.47. The van der Waals surface area contributed by atoms with Crippen LogP contribution in [0.25, 0.3) is 0 Å². The standard InChI is InChI=1S/C5H12N2/c1-3-5-7-6-4-2/h4,7H,3,5H2,1-2H3/b6-4+. The molecule has 0 radical (unpaired) electrons. The van der Waals surface area contributed by atoms with Crippen LogP contribution in [0.3, 0.4) is 0 Å². The fraction of sp³-hybridized carbons (Fsp3) is 0.800. The highest BCUT2D eigenvalue weighted by Gasteiger charge is 1.69. The van der Waals surface area contributed by atoms with Gasteiger partial charge in [0.15, 0.2) is 0 Å². The maximum absolute atomic E-state index is 3.79. The van der Waals surface area contributed by atoms with Gasteiger partial charge in [-0.25, -0.2) is 0 Å². The monoisotopic (exact) mass is 100 g/mol. The second-order valence-electron chi connectivity index (χ2n) is 1.30. The quantitative estimate of drug-likeness (QED) is 0.319. The molecule has 0 fully saturated rings. The van der Waals surface area contributed by atoms with Crippen molar-refractivity contribution in [1.82, 2.24) is 5.43 Å². The van der Waals surface area contributed by atoms with Crippen molar-refractivity contribution in [2.45, 2.75) is 20.3 Å². The van der Waals surface area contributed by atoms with Crippen LogP contribution < -0.4 is 5.43 Å². The first-order valence-corrected chi connectivity index (χ1v) is 2.62. The summed E-state index contributed by atoms with van der Waals surface area (Å²) in [5.74, 6) is 0. The van der Waals surface area contributed by atoms with Crippen molar-refractivity contribution >= 4 is 6.21 Å². The Morgan fingerprint density at radius 2 is 2.43 bits per heavy atom. The van der Waals surface area contributed by atoms with Gasteiger partial charge in [0.25, 0.3) is 0 Å². The van der Waals surface area contributed by atoms with Crippen molar-refractivity contribution in [3.8, 4) is 0 Å². The van der Waals surface area contributed by atoms with Gasteiger partial charge in [0.1, 0.15) is 0 Å². The zero-order valence-electron chi connectivity index (χ0n) is 4.94. The Kier molecular flexibility index (Phi) is 5.06. The van der Waals surface area contributed by atoms with E-state index in [0.717, 1.165) is 13.0 Å². The van der Waals surface area contributed by atoms with E-state index in [0.29, 0.717) is 0 Å². The summed E-state index contributed by atoms with van der Waals surface area (Å²) in [4.78, 5) is 0. The minimum Gasteiger partial charge on any atom is -0.310 e. The maximum atomic E-state index is 3.79. The molecule has 0 aromatic heterocycles. The highest BCUT2D eigenvalue weighted by molar-refractivity contribution is 5.52. The summed E-state index contributed by atoms with van der Waals surface area (Å²) < 4.78 is 0. The molecular weight excluding hydrogens is 88.1 g/mol. The molecule has 2 nitrogen and oxygen atoms in total. The second kappa shape index (κ2) is 5.47. The van der Waals surface area contributed by atoms with Crippen molar-refractivity contribution in [2.75, 3.05) is 6.54 Å². The third-order valence-electron chi connectivity index (χ3n) is 0.582. The Hall–Kier alpha value is -0.530. The highest BCUT2D eigenvalue weighted by Crippen LogP contribution is 1.66. The second-order valence-corrected chi connectivity index (χ2v) is 1.30. The third kappa shape index (κ3) is 5.47. The molecular formula is C5H12N2. The molecule has 0 saturated heterocycles. The lowest BCUT2D eigenvalue weighted by atomic mass is 10.5. The number of rotatable bonds is 3. The van der Waals surface area contributed by atoms with Crippen LogP contribution in [0.1, 0.15) is 20.3 Å². The van der Waals surface area contributed by atoms with E-state index in [9.17, 15) is 0 Å². The molecule has 0 aromatic rings. The number of nitrogens with zero attached hydrogens (tertiary/aromatic N) is 1. The molecule has 0 atom stereocenters. The average Bonchev–Trinajstić information content (AvgIpc) is 1.69. The summed E-state index contributed by atoms with van der Waals surface area (Å²) in [5, 5.41) is 3.79. The Balaban J connectivity index is 2.69. The van der Waals surface area contributed by atoms with Gasteiger partial charge in [0.2, 0.25) is 0 Å². The van der Waals surface area contributed by atoms with E-state index < -0.39 is 0 Å². The zero-order valence-corrected chi connectivity index (χ0v) is 4.94. The number of hydrogen-bond donors (Lipinski definition) is 1. The fourth-order valence-electron chi connectivity index (χ4n) is 0.268. The Morgan fingerprint density at radius 1 is 1.71 bits per heavy atom. The van der Waals surface area contributed by atoms with Crippen LogP contribution in [-0.4, -0.2) is 12.8 Å². The largest absolute Gasteiger partial charge is 0.310 e. The Bertz CT molecular complexity index is 50.0. The first-order valence-electron chi connectivity index (χ1n) is 2.62. The van der Waals surface area contributed by atoms with Gasteiger partial charge in [-0.3, -0.25) is 0 Å². The molecule has 0 aliphatic carbocycles. The van der Waals surface area contributed by atoms with Crippen LogP contribution in [0.4, 0.5) is 0 Å². The average molecular weight is 100 g/mol. The van der Waals surface area contributed by atoms with E-state index in [1.165, 1.54) is 0 Å². The molecule has 42 valence electrons. The van der Waals surface area contributed by atoms with E-state index in [4.69, 9.17) is 0 Å². The van der Waals surface area contributed by atoms with E-state index in [-0.39, 0.29) is 0 Å². The Morgan fingerprint density at radius 3 is 2.86 bits per heavy atom. The molecule has 2 heteroatoms. The first-order chi connectivity index (χ1) is 3.41. The summed E-state index contributed by atoms with van der Waals surface area (Å²) in [6.45, 7) is 4.98. The summed E-state index contributed by atoms with van der Waals surface area (Å²) in [5.41, 5.74) is 2.85. The van der Waals surface area contributed by atoms with Crippen LogP contribution >= 0.6 is 0 Å². The van der Waals surface area contributed by atoms with Crippen LogP contribution in [0.15, 0.2) is 5.10 Å². The van der Waals surface area contributed by atoms with Gasteiger partial charge < -0.3 is 5.43 Å². The van der Waals surface area contributed by atoms with Crippen molar-refractivity contribution in [2.24, 2.45) is 5.10 Å². The summed E-state index contributed by atoms with van der Waals surface area (Å²) in [6.07, 6.45) is 2.88. The van der Waals surface area contributed by atoms with Gasteiger partial charge in [0, 0.05) is 12.8 Å². The smallest absolute Gasteiger partial charge is 0.0326 e. The van der Waals surface area contributed by atoms with Gasteiger partial charge in [0.05, 0.1) is 0 Å². The van der Waals surface area contributed by atoms with Crippen molar-refractivity contribution < 1.29 is 0 Å². The lowest BCUT2D eigenvalue weighted by Crippen LogP contribution is -2.04. The number of nitrogens with one attached hydrogen (secondary N) is 1. The summed E-state index contributed by atoms with van der Waals surface area (Å²) in [6, 6.07) is 0. The molecule has 0 saturated carbocycles. The molecule has 0 bridgehead atoms. The SMILES string of the molecule is C/C=N/NCCC. The molecule has 0 aliphatic rings. The molecule has 0 amide bonds. The number of hydrazone groups is 1. The van der Waals surface area contributed by atoms with E-state index in [1.54, 1.807) is 6.21 Å². The van der Waals surface area contributed by atoms with Gasteiger partial charge in [-0.1, -0.05) is 6.92 Å². The van der Waals surface area contributed by atoms with Crippen molar-refractivity contribution in [1.29, 1.82) is 0 Å². The molecule has 0 unspecified atom stereocenters. The molecule has 0 rings (SSSR count). The lowest BCUT2D eigenvalue weighted by molar-refractivity contribution is 0.719.